The highest BCUT2D eigenvalue weighted by atomic mass is 79.9. The molecule has 1 unspecified atom stereocenters. The van der Waals surface area contributed by atoms with Crippen LogP contribution in [0.1, 0.15) is 31.4 Å². The molecule has 1 aromatic carbocycles. The molecule has 1 aliphatic carbocycles. The summed E-state index contributed by atoms with van der Waals surface area (Å²) in [6.45, 7) is 8.54. The number of fused-ring (bicyclic) bond motifs is 1. The zero-order chi connectivity index (χ0) is 15.3. The first kappa shape index (κ1) is 16.9. The van der Waals surface area contributed by atoms with Crippen LogP contribution in [0.2, 0.25) is 0 Å². The highest BCUT2D eigenvalue weighted by Crippen LogP contribution is 2.34. The lowest BCUT2D eigenvalue weighted by molar-refractivity contribution is 0.0434. The topological polar surface area (TPSA) is 38.5 Å². The second kappa shape index (κ2) is 7.73. The molecule has 0 saturated carbocycles. The van der Waals surface area contributed by atoms with Crippen molar-refractivity contribution in [2.24, 2.45) is 5.73 Å². The van der Waals surface area contributed by atoms with Gasteiger partial charge in [0.2, 0.25) is 0 Å². The first-order chi connectivity index (χ1) is 10.1. The number of halogens is 1. The maximum absolute atomic E-state index is 6.21. The Bertz CT molecular complexity index is 466. The lowest BCUT2D eigenvalue weighted by atomic mass is 9.76. The summed E-state index contributed by atoms with van der Waals surface area (Å²) in [7, 11) is 0. The number of benzene rings is 1. The molecule has 0 spiro atoms. The Hall–Kier alpha value is -0.420. The quantitative estimate of drug-likeness (QED) is 0.765. The van der Waals surface area contributed by atoms with Gasteiger partial charge in [-0.25, -0.2) is 0 Å². The van der Waals surface area contributed by atoms with Crippen LogP contribution in [0.5, 0.6) is 0 Å². The highest BCUT2D eigenvalue weighted by molar-refractivity contribution is 9.10. The first-order valence-corrected chi connectivity index (χ1v) is 8.74. The van der Waals surface area contributed by atoms with Crippen LogP contribution >= 0.6 is 15.9 Å². The third kappa shape index (κ3) is 3.86. The number of nitrogens with two attached hydrogens (primary N) is 1. The summed E-state index contributed by atoms with van der Waals surface area (Å²) in [5.74, 6) is 0. The minimum absolute atomic E-state index is 0.0900. The molecule has 0 radical (unpaired) electrons. The Kier molecular flexibility index (Phi) is 6.23. The number of ether oxygens (including phenoxy) is 1. The standard InChI is InChI=1S/C17H27BrN2O/c1-3-20(9-10-21-4-2)17(13-19)8-7-14-11-16(18)6-5-15(14)12-17/h5-6,11H,3-4,7-10,12-13,19H2,1-2H3. The minimum Gasteiger partial charge on any atom is -0.380 e. The van der Waals surface area contributed by atoms with Gasteiger partial charge in [0.25, 0.3) is 0 Å². The maximum atomic E-state index is 6.21. The van der Waals surface area contributed by atoms with Crippen LogP contribution in [-0.4, -0.2) is 43.3 Å². The number of nitrogens with zero attached hydrogens (tertiary/aromatic N) is 1. The van der Waals surface area contributed by atoms with Crippen molar-refractivity contribution in [1.82, 2.24) is 4.90 Å². The highest BCUT2D eigenvalue weighted by Gasteiger charge is 2.37. The molecule has 0 aliphatic heterocycles. The van der Waals surface area contributed by atoms with Crippen LogP contribution in [0.3, 0.4) is 0 Å². The van der Waals surface area contributed by atoms with Crippen molar-refractivity contribution in [1.29, 1.82) is 0 Å². The molecule has 21 heavy (non-hydrogen) atoms. The van der Waals surface area contributed by atoms with E-state index in [1.54, 1.807) is 0 Å². The van der Waals surface area contributed by atoms with Gasteiger partial charge >= 0.3 is 0 Å². The van der Waals surface area contributed by atoms with Crippen molar-refractivity contribution in [3.63, 3.8) is 0 Å². The average molecular weight is 355 g/mol. The van der Waals surface area contributed by atoms with E-state index in [1.807, 2.05) is 6.92 Å². The molecule has 0 amide bonds. The van der Waals surface area contributed by atoms with E-state index in [2.05, 4.69) is 46.0 Å². The number of rotatable bonds is 7. The minimum atomic E-state index is 0.0900. The van der Waals surface area contributed by atoms with E-state index >= 15 is 0 Å². The molecule has 0 aromatic heterocycles. The predicted octanol–water partition coefficient (Wildman–Crippen LogP) is 2.99. The van der Waals surface area contributed by atoms with Crippen molar-refractivity contribution in [3.8, 4) is 0 Å². The summed E-state index contributed by atoms with van der Waals surface area (Å²) >= 11 is 3.57. The molecule has 1 atom stereocenters. The van der Waals surface area contributed by atoms with Crippen molar-refractivity contribution >= 4 is 15.9 Å². The van der Waals surface area contributed by atoms with Crippen LogP contribution in [0.4, 0.5) is 0 Å². The van der Waals surface area contributed by atoms with Crippen LogP contribution < -0.4 is 5.73 Å². The first-order valence-electron chi connectivity index (χ1n) is 7.95. The SMILES string of the molecule is CCOCCN(CC)C1(CN)CCc2cc(Br)ccc2C1. The molecule has 4 heteroatoms. The van der Waals surface area contributed by atoms with Crippen LogP contribution in [0.25, 0.3) is 0 Å². The Labute approximate surface area is 137 Å². The number of aryl methyl sites for hydroxylation is 1. The van der Waals surface area contributed by atoms with Crippen molar-refractivity contribution in [2.75, 3.05) is 32.8 Å². The third-order valence-corrected chi connectivity index (χ3v) is 5.18. The fourth-order valence-corrected chi connectivity index (χ4v) is 3.84. The summed E-state index contributed by atoms with van der Waals surface area (Å²) < 4.78 is 6.71. The molecule has 0 bridgehead atoms. The molecule has 118 valence electrons. The lowest BCUT2D eigenvalue weighted by Gasteiger charge is -2.46. The van der Waals surface area contributed by atoms with E-state index in [1.165, 1.54) is 15.6 Å². The molecular weight excluding hydrogens is 328 g/mol. The Morgan fingerprint density at radius 2 is 2.14 bits per heavy atom. The summed E-state index contributed by atoms with van der Waals surface area (Å²) in [6, 6.07) is 6.65. The third-order valence-electron chi connectivity index (χ3n) is 4.69. The van der Waals surface area contributed by atoms with Gasteiger partial charge in [0.15, 0.2) is 0 Å². The second-order valence-electron chi connectivity index (χ2n) is 5.79. The molecule has 1 aliphatic rings. The van der Waals surface area contributed by atoms with Gasteiger partial charge in [0, 0.05) is 29.7 Å². The lowest BCUT2D eigenvalue weighted by Crippen LogP contribution is -2.57. The van der Waals surface area contributed by atoms with E-state index in [0.717, 1.165) is 45.6 Å². The van der Waals surface area contributed by atoms with Gasteiger partial charge in [0.05, 0.1) is 6.61 Å². The van der Waals surface area contributed by atoms with E-state index in [9.17, 15) is 0 Å². The van der Waals surface area contributed by atoms with Crippen molar-refractivity contribution in [2.45, 2.75) is 38.6 Å². The van der Waals surface area contributed by atoms with Crippen molar-refractivity contribution < 1.29 is 4.74 Å². The second-order valence-corrected chi connectivity index (χ2v) is 6.71. The van der Waals surface area contributed by atoms with E-state index in [0.29, 0.717) is 6.54 Å². The summed E-state index contributed by atoms with van der Waals surface area (Å²) in [6.07, 6.45) is 3.29. The van der Waals surface area contributed by atoms with Crippen LogP contribution in [0.15, 0.2) is 22.7 Å². The van der Waals surface area contributed by atoms with Gasteiger partial charge in [-0.1, -0.05) is 28.9 Å². The van der Waals surface area contributed by atoms with E-state index in [4.69, 9.17) is 10.5 Å². The van der Waals surface area contributed by atoms with E-state index in [-0.39, 0.29) is 5.54 Å². The largest absolute Gasteiger partial charge is 0.380 e. The molecule has 0 saturated heterocycles. The average Bonchev–Trinajstić information content (AvgIpc) is 2.51. The smallest absolute Gasteiger partial charge is 0.0593 e. The molecule has 1 aromatic rings. The number of hydrogen-bond donors (Lipinski definition) is 1. The molecular formula is C17H27BrN2O. The number of likely N-dealkylation sites (N-methyl/N-ethyl adjacent to an activating group) is 1. The normalized spacial score (nSPS) is 21.6. The van der Waals surface area contributed by atoms with Gasteiger partial charge in [-0.05, 0) is 56.0 Å². The van der Waals surface area contributed by atoms with Crippen LogP contribution in [0, 0.1) is 0 Å². The van der Waals surface area contributed by atoms with Gasteiger partial charge in [-0.3, -0.25) is 4.90 Å². The van der Waals surface area contributed by atoms with Gasteiger partial charge in [-0.2, -0.15) is 0 Å². The zero-order valence-electron chi connectivity index (χ0n) is 13.2. The number of hydrogen-bond acceptors (Lipinski definition) is 3. The Morgan fingerprint density at radius 3 is 2.81 bits per heavy atom. The molecule has 0 fully saturated rings. The molecule has 2 rings (SSSR count). The van der Waals surface area contributed by atoms with Gasteiger partial charge in [0.1, 0.15) is 0 Å². The van der Waals surface area contributed by atoms with Crippen LogP contribution in [-0.2, 0) is 17.6 Å². The Morgan fingerprint density at radius 1 is 1.33 bits per heavy atom. The van der Waals surface area contributed by atoms with Gasteiger partial charge in [-0.15, -0.1) is 0 Å². The molecule has 0 heterocycles. The summed E-state index contributed by atoms with van der Waals surface area (Å²) in [5, 5.41) is 0. The fraction of sp³-hybridized carbons (Fsp3) is 0.647. The summed E-state index contributed by atoms with van der Waals surface area (Å²) in [5.41, 5.74) is 9.22. The molecule has 2 N–H and O–H groups in total. The monoisotopic (exact) mass is 354 g/mol. The van der Waals surface area contributed by atoms with Crippen molar-refractivity contribution in [3.05, 3.63) is 33.8 Å². The predicted molar refractivity (Wildman–Crippen MR) is 91.7 cm³/mol. The molecule has 3 nitrogen and oxygen atoms in total. The summed E-state index contributed by atoms with van der Waals surface area (Å²) in [4.78, 5) is 2.52. The van der Waals surface area contributed by atoms with Gasteiger partial charge < -0.3 is 10.5 Å². The maximum Gasteiger partial charge on any atom is 0.0593 e. The zero-order valence-corrected chi connectivity index (χ0v) is 14.8. The fourth-order valence-electron chi connectivity index (χ4n) is 3.43. The Balaban J connectivity index is 2.16. The van der Waals surface area contributed by atoms with E-state index < -0.39 is 0 Å².